The Bertz CT molecular complexity index is 272. The summed E-state index contributed by atoms with van der Waals surface area (Å²) < 4.78 is 22.9. The van der Waals surface area contributed by atoms with Crippen LogP contribution in [0.1, 0.15) is 26.7 Å². The Morgan fingerprint density at radius 1 is 1.43 bits per heavy atom. The lowest BCUT2D eigenvalue weighted by molar-refractivity contribution is 0.473. The average Bonchev–Trinajstić information content (AvgIpc) is 2.14. The Balaban J connectivity index is 4.23. The molecule has 0 radical (unpaired) electrons. The molecule has 0 N–H and O–H groups in total. The van der Waals surface area contributed by atoms with Gasteiger partial charge in [0.1, 0.15) is 9.84 Å². The number of halogens is 1. The first-order valence-corrected chi connectivity index (χ1v) is 7.73. The SMILES string of the molecule is C=CC(C)(CBr)CCS(=O)(=O)CCC. The van der Waals surface area contributed by atoms with Crippen molar-refractivity contribution < 1.29 is 8.42 Å². The van der Waals surface area contributed by atoms with Gasteiger partial charge in [-0.05, 0) is 18.3 Å². The molecule has 1 unspecified atom stereocenters. The summed E-state index contributed by atoms with van der Waals surface area (Å²) in [5.74, 6) is 0.553. The second kappa shape index (κ2) is 5.91. The zero-order valence-corrected chi connectivity index (χ0v) is 11.3. The summed E-state index contributed by atoms with van der Waals surface area (Å²) in [6.07, 6.45) is 3.16. The molecule has 0 aromatic carbocycles. The molecule has 0 amide bonds. The fraction of sp³-hybridized carbons (Fsp3) is 0.800. The Hall–Kier alpha value is 0.170. The van der Waals surface area contributed by atoms with Gasteiger partial charge in [0.25, 0.3) is 0 Å². The van der Waals surface area contributed by atoms with E-state index in [1.165, 1.54) is 0 Å². The van der Waals surface area contributed by atoms with Crippen molar-refractivity contribution in [2.75, 3.05) is 16.8 Å². The third-order valence-corrected chi connectivity index (χ3v) is 5.43. The molecule has 0 aliphatic heterocycles. The van der Waals surface area contributed by atoms with Gasteiger partial charge in [-0.15, -0.1) is 6.58 Å². The van der Waals surface area contributed by atoms with E-state index in [0.29, 0.717) is 18.6 Å². The maximum atomic E-state index is 11.5. The molecule has 84 valence electrons. The van der Waals surface area contributed by atoms with Gasteiger partial charge >= 0.3 is 0 Å². The van der Waals surface area contributed by atoms with Crippen molar-refractivity contribution in [3.05, 3.63) is 12.7 Å². The predicted octanol–water partition coefficient (Wildman–Crippen LogP) is 2.79. The Labute approximate surface area is 95.8 Å². The van der Waals surface area contributed by atoms with Crippen LogP contribution in [0.5, 0.6) is 0 Å². The number of hydrogen-bond acceptors (Lipinski definition) is 2. The van der Waals surface area contributed by atoms with Crippen molar-refractivity contribution in [2.45, 2.75) is 26.7 Å². The van der Waals surface area contributed by atoms with Crippen LogP contribution in [0.3, 0.4) is 0 Å². The number of sulfone groups is 1. The van der Waals surface area contributed by atoms with Crippen LogP contribution < -0.4 is 0 Å². The highest BCUT2D eigenvalue weighted by Crippen LogP contribution is 2.25. The fourth-order valence-electron chi connectivity index (χ4n) is 1.03. The van der Waals surface area contributed by atoms with E-state index in [0.717, 1.165) is 5.33 Å². The molecule has 0 aliphatic carbocycles. The predicted molar refractivity (Wildman–Crippen MR) is 65.7 cm³/mol. The van der Waals surface area contributed by atoms with E-state index in [4.69, 9.17) is 0 Å². The topological polar surface area (TPSA) is 34.1 Å². The van der Waals surface area contributed by atoms with Gasteiger partial charge in [-0.25, -0.2) is 8.42 Å². The van der Waals surface area contributed by atoms with Crippen molar-refractivity contribution in [1.82, 2.24) is 0 Å². The first kappa shape index (κ1) is 14.2. The second-order valence-corrected chi connectivity index (χ2v) is 6.76. The standard InChI is InChI=1S/C10H19BrO2S/c1-4-7-14(12,13)8-6-10(3,5-2)9-11/h5H,2,4,6-9H2,1,3H3. The molecule has 14 heavy (non-hydrogen) atoms. The quantitative estimate of drug-likeness (QED) is 0.532. The van der Waals surface area contributed by atoms with E-state index in [9.17, 15) is 8.42 Å². The molecule has 4 heteroatoms. The molecule has 0 saturated heterocycles. The highest BCUT2D eigenvalue weighted by Gasteiger charge is 2.21. The summed E-state index contributed by atoms with van der Waals surface area (Å²) >= 11 is 3.37. The summed E-state index contributed by atoms with van der Waals surface area (Å²) in [7, 11) is -2.85. The van der Waals surface area contributed by atoms with Crippen LogP contribution >= 0.6 is 15.9 Å². The molecule has 0 heterocycles. The van der Waals surface area contributed by atoms with Crippen LogP contribution in [0.25, 0.3) is 0 Å². The average molecular weight is 283 g/mol. The Morgan fingerprint density at radius 3 is 2.36 bits per heavy atom. The van der Waals surface area contributed by atoms with Gasteiger partial charge in [-0.3, -0.25) is 0 Å². The van der Waals surface area contributed by atoms with E-state index in [1.807, 2.05) is 19.9 Å². The van der Waals surface area contributed by atoms with Crippen molar-refractivity contribution in [2.24, 2.45) is 5.41 Å². The monoisotopic (exact) mass is 282 g/mol. The molecule has 0 saturated carbocycles. The van der Waals surface area contributed by atoms with Crippen LogP contribution in [0.2, 0.25) is 0 Å². The van der Waals surface area contributed by atoms with Gasteiger partial charge in [-0.2, -0.15) is 0 Å². The summed E-state index contributed by atoms with van der Waals surface area (Å²) in [6.45, 7) is 7.62. The molecule has 0 aromatic rings. The van der Waals surface area contributed by atoms with Gasteiger partial charge in [-0.1, -0.05) is 35.9 Å². The highest BCUT2D eigenvalue weighted by molar-refractivity contribution is 9.09. The third-order valence-electron chi connectivity index (χ3n) is 2.30. The molecule has 0 bridgehead atoms. The highest BCUT2D eigenvalue weighted by atomic mass is 79.9. The summed E-state index contributed by atoms with van der Waals surface area (Å²) in [5, 5.41) is 0.755. The minimum absolute atomic E-state index is 0.110. The van der Waals surface area contributed by atoms with Crippen molar-refractivity contribution in [3.8, 4) is 0 Å². The first-order chi connectivity index (χ1) is 6.39. The molecule has 2 nitrogen and oxygen atoms in total. The maximum absolute atomic E-state index is 11.5. The van der Waals surface area contributed by atoms with E-state index < -0.39 is 9.84 Å². The minimum atomic E-state index is -2.85. The van der Waals surface area contributed by atoms with Crippen molar-refractivity contribution in [1.29, 1.82) is 0 Å². The van der Waals surface area contributed by atoms with Crippen LogP contribution in [0.4, 0.5) is 0 Å². The molecular formula is C10H19BrO2S. The van der Waals surface area contributed by atoms with E-state index >= 15 is 0 Å². The second-order valence-electron chi connectivity index (χ2n) is 3.89. The lowest BCUT2D eigenvalue weighted by atomic mass is 9.91. The Morgan fingerprint density at radius 2 is 2.00 bits per heavy atom. The smallest absolute Gasteiger partial charge is 0.150 e. The lowest BCUT2D eigenvalue weighted by Gasteiger charge is -2.22. The molecule has 1 atom stereocenters. The minimum Gasteiger partial charge on any atom is -0.229 e. The fourth-order valence-corrected chi connectivity index (χ4v) is 3.14. The van der Waals surface area contributed by atoms with Crippen molar-refractivity contribution >= 4 is 25.8 Å². The molecule has 0 aliphatic rings. The lowest BCUT2D eigenvalue weighted by Crippen LogP contribution is -2.21. The molecule has 0 rings (SSSR count). The summed E-state index contributed by atoms with van der Waals surface area (Å²) in [4.78, 5) is 0. The largest absolute Gasteiger partial charge is 0.229 e. The van der Waals surface area contributed by atoms with Gasteiger partial charge in [0.2, 0.25) is 0 Å². The number of alkyl halides is 1. The van der Waals surface area contributed by atoms with E-state index in [-0.39, 0.29) is 11.2 Å². The van der Waals surface area contributed by atoms with E-state index in [2.05, 4.69) is 22.5 Å². The van der Waals surface area contributed by atoms with Crippen LogP contribution in [0, 0.1) is 5.41 Å². The number of allylic oxidation sites excluding steroid dienone is 1. The molecule has 0 aromatic heterocycles. The van der Waals surface area contributed by atoms with Gasteiger partial charge in [0.05, 0.1) is 5.75 Å². The molecular weight excluding hydrogens is 264 g/mol. The van der Waals surface area contributed by atoms with E-state index in [1.54, 1.807) is 0 Å². The number of rotatable bonds is 7. The summed E-state index contributed by atoms with van der Waals surface area (Å²) in [6, 6.07) is 0. The zero-order chi connectivity index (χ0) is 11.2. The van der Waals surface area contributed by atoms with Gasteiger partial charge in [0.15, 0.2) is 0 Å². The van der Waals surface area contributed by atoms with Crippen LogP contribution in [-0.2, 0) is 9.84 Å². The number of hydrogen-bond donors (Lipinski definition) is 0. The zero-order valence-electron chi connectivity index (χ0n) is 8.92. The van der Waals surface area contributed by atoms with Gasteiger partial charge in [0, 0.05) is 11.1 Å². The van der Waals surface area contributed by atoms with Gasteiger partial charge < -0.3 is 0 Å². The first-order valence-electron chi connectivity index (χ1n) is 4.79. The summed E-state index contributed by atoms with van der Waals surface area (Å²) in [5.41, 5.74) is -0.110. The molecule has 0 fully saturated rings. The van der Waals surface area contributed by atoms with Crippen LogP contribution in [-0.4, -0.2) is 25.3 Å². The maximum Gasteiger partial charge on any atom is 0.150 e. The van der Waals surface area contributed by atoms with Crippen LogP contribution in [0.15, 0.2) is 12.7 Å². The third kappa shape index (κ3) is 5.15. The normalized spacial score (nSPS) is 16.2. The molecule has 0 spiro atoms. The Kier molecular flexibility index (Phi) is 5.98. The van der Waals surface area contributed by atoms with Crippen molar-refractivity contribution in [3.63, 3.8) is 0 Å².